The average molecular weight is 255 g/mol. The molecule has 0 saturated heterocycles. The third-order valence-electron chi connectivity index (χ3n) is 4.01. The Bertz CT molecular complexity index is 247. The molecule has 1 rings (SSSR count). The molecule has 0 bridgehead atoms. The average Bonchev–Trinajstić information content (AvgIpc) is 2.62. The highest BCUT2D eigenvalue weighted by Crippen LogP contribution is 2.32. The summed E-state index contributed by atoms with van der Waals surface area (Å²) < 4.78 is 0. The second-order valence-electron chi connectivity index (χ2n) is 5.33. The van der Waals surface area contributed by atoms with Gasteiger partial charge >= 0.3 is 6.03 Å². The largest absolute Gasteiger partial charge is 0.338 e. The van der Waals surface area contributed by atoms with Gasteiger partial charge in [-0.25, -0.2) is 4.79 Å². The van der Waals surface area contributed by atoms with Gasteiger partial charge in [-0.3, -0.25) is 0 Å². The molecule has 0 spiro atoms. The van der Waals surface area contributed by atoms with Gasteiger partial charge in [0.05, 0.1) is 5.54 Å². The van der Waals surface area contributed by atoms with Gasteiger partial charge in [0.1, 0.15) is 0 Å². The predicted octanol–water partition coefficient (Wildman–Crippen LogP) is 2.48. The Labute approximate surface area is 111 Å². The van der Waals surface area contributed by atoms with Crippen LogP contribution in [0.4, 0.5) is 4.79 Å². The van der Waals surface area contributed by atoms with Crippen molar-refractivity contribution in [3.05, 3.63) is 0 Å². The summed E-state index contributed by atoms with van der Waals surface area (Å²) >= 11 is 0. The quantitative estimate of drug-likeness (QED) is 0.741. The molecule has 1 saturated carbocycles. The van der Waals surface area contributed by atoms with Crippen LogP contribution in [-0.4, -0.2) is 36.1 Å². The summed E-state index contributed by atoms with van der Waals surface area (Å²) in [5.74, 6) is 0. The van der Waals surface area contributed by atoms with Gasteiger partial charge in [0.25, 0.3) is 0 Å². The zero-order valence-corrected chi connectivity index (χ0v) is 12.0. The van der Waals surface area contributed by atoms with Crippen LogP contribution >= 0.6 is 0 Å². The Balaban J connectivity index is 2.86. The molecule has 0 aromatic heterocycles. The molecule has 4 nitrogen and oxygen atoms in total. The van der Waals surface area contributed by atoms with Crippen LogP contribution in [-0.2, 0) is 0 Å². The fourth-order valence-corrected chi connectivity index (χ4v) is 3.00. The first-order valence-electron chi connectivity index (χ1n) is 7.45. The highest BCUT2D eigenvalue weighted by molar-refractivity contribution is 5.75. The Morgan fingerprint density at radius 2 is 1.83 bits per heavy atom. The number of nitrogens with zero attached hydrogens (tertiary/aromatic N) is 1. The minimum Gasteiger partial charge on any atom is -0.338 e. The molecular weight excluding hydrogens is 226 g/mol. The van der Waals surface area contributed by atoms with Gasteiger partial charge in [0, 0.05) is 19.6 Å². The molecule has 0 atom stereocenters. The molecule has 3 N–H and O–H groups in total. The van der Waals surface area contributed by atoms with Crippen molar-refractivity contribution in [2.24, 2.45) is 5.73 Å². The number of hydrogen-bond acceptors (Lipinski definition) is 2. The van der Waals surface area contributed by atoms with Crippen molar-refractivity contribution in [1.82, 2.24) is 10.2 Å². The summed E-state index contributed by atoms with van der Waals surface area (Å²) in [7, 11) is 0. The van der Waals surface area contributed by atoms with Crippen molar-refractivity contribution in [2.45, 2.75) is 64.3 Å². The number of urea groups is 1. The first kappa shape index (κ1) is 15.3. The molecule has 18 heavy (non-hydrogen) atoms. The molecule has 1 aliphatic rings. The lowest BCUT2D eigenvalue weighted by Crippen LogP contribution is -2.59. The Kier molecular flexibility index (Phi) is 6.47. The molecule has 0 aromatic rings. The van der Waals surface area contributed by atoms with E-state index in [0.29, 0.717) is 13.1 Å². The monoisotopic (exact) mass is 255 g/mol. The predicted molar refractivity (Wildman–Crippen MR) is 75.6 cm³/mol. The van der Waals surface area contributed by atoms with E-state index in [1.54, 1.807) is 0 Å². The summed E-state index contributed by atoms with van der Waals surface area (Å²) in [4.78, 5) is 14.3. The van der Waals surface area contributed by atoms with Gasteiger partial charge in [-0.15, -0.1) is 0 Å². The number of nitrogens with two attached hydrogens (primary N) is 1. The number of hydrogen-bond donors (Lipinski definition) is 2. The minimum atomic E-state index is -0.105. The van der Waals surface area contributed by atoms with Crippen LogP contribution in [0.3, 0.4) is 0 Å². The number of amides is 2. The van der Waals surface area contributed by atoms with E-state index in [2.05, 4.69) is 12.2 Å². The van der Waals surface area contributed by atoms with E-state index in [0.717, 1.165) is 25.8 Å². The lowest BCUT2D eigenvalue weighted by Gasteiger charge is -2.43. The SMILES string of the molecule is CCCN(C(=O)NCC)C1(CN)CCCCCC1. The summed E-state index contributed by atoms with van der Waals surface area (Å²) in [6.45, 7) is 6.16. The van der Waals surface area contributed by atoms with Crippen molar-refractivity contribution in [2.75, 3.05) is 19.6 Å². The number of carbonyl (C=O) groups is 1. The molecule has 0 aliphatic heterocycles. The van der Waals surface area contributed by atoms with Crippen LogP contribution in [0.1, 0.15) is 58.8 Å². The highest BCUT2D eigenvalue weighted by Gasteiger charge is 2.38. The topological polar surface area (TPSA) is 58.4 Å². The van der Waals surface area contributed by atoms with Crippen LogP contribution in [0.5, 0.6) is 0 Å². The second kappa shape index (κ2) is 7.62. The third kappa shape index (κ3) is 3.61. The molecule has 0 heterocycles. The molecule has 2 amide bonds. The lowest BCUT2D eigenvalue weighted by molar-refractivity contribution is 0.103. The van der Waals surface area contributed by atoms with E-state index < -0.39 is 0 Å². The summed E-state index contributed by atoms with van der Waals surface area (Å²) in [6, 6.07) is 0.0618. The van der Waals surface area contributed by atoms with Gasteiger partial charge in [0.15, 0.2) is 0 Å². The first-order valence-corrected chi connectivity index (χ1v) is 7.45. The molecule has 0 unspecified atom stereocenters. The van der Waals surface area contributed by atoms with Crippen LogP contribution in [0.2, 0.25) is 0 Å². The van der Waals surface area contributed by atoms with Gasteiger partial charge in [-0.2, -0.15) is 0 Å². The molecule has 4 heteroatoms. The van der Waals surface area contributed by atoms with Crippen molar-refractivity contribution in [3.63, 3.8) is 0 Å². The van der Waals surface area contributed by atoms with Crippen LogP contribution in [0.25, 0.3) is 0 Å². The van der Waals surface area contributed by atoms with E-state index >= 15 is 0 Å². The van der Waals surface area contributed by atoms with Crippen molar-refractivity contribution in [1.29, 1.82) is 0 Å². The maximum atomic E-state index is 12.3. The smallest absolute Gasteiger partial charge is 0.317 e. The van der Waals surface area contributed by atoms with Crippen molar-refractivity contribution >= 4 is 6.03 Å². The van der Waals surface area contributed by atoms with Gasteiger partial charge < -0.3 is 16.0 Å². The molecule has 0 radical (unpaired) electrons. The lowest BCUT2D eigenvalue weighted by atomic mass is 9.88. The molecule has 0 aromatic carbocycles. The Morgan fingerprint density at radius 1 is 1.22 bits per heavy atom. The van der Waals surface area contributed by atoms with Crippen molar-refractivity contribution in [3.8, 4) is 0 Å². The fraction of sp³-hybridized carbons (Fsp3) is 0.929. The van der Waals surface area contributed by atoms with Gasteiger partial charge in [0.2, 0.25) is 0 Å². The van der Waals surface area contributed by atoms with Gasteiger partial charge in [-0.05, 0) is 26.2 Å². The number of rotatable bonds is 5. The van der Waals surface area contributed by atoms with Crippen LogP contribution in [0.15, 0.2) is 0 Å². The maximum absolute atomic E-state index is 12.3. The van der Waals surface area contributed by atoms with E-state index in [1.165, 1.54) is 25.7 Å². The first-order chi connectivity index (χ1) is 8.70. The Morgan fingerprint density at radius 3 is 2.28 bits per heavy atom. The molecule has 1 fully saturated rings. The molecule has 1 aliphatic carbocycles. The number of nitrogens with one attached hydrogen (secondary N) is 1. The van der Waals surface area contributed by atoms with E-state index in [9.17, 15) is 4.79 Å². The Hall–Kier alpha value is -0.770. The summed E-state index contributed by atoms with van der Waals surface area (Å²) in [5.41, 5.74) is 5.95. The standard InChI is InChI=1S/C14H29N3O/c1-3-11-17(13(18)16-4-2)14(12-15)9-7-5-6-8-10-14/h3-12,15H2,1-2H3,(H,16,18). The van der Waals surface area contributed by atoms with Gasteiger partial charge in [-0.1, -0.05) is 32.6 Å². The van der Waals surface area contributed by atoms with Crippen LogP contribution in [0, 0.1) is 0 Å². The van der Waals surface area contributed by atoms with Crippen LogP contribution < -0.4 is 11.1 Å². The molecular formula is C14H29N3O. The van der Waals surface area contributed by atoms with Crippen molar-refractivity contribution < 1.29 is 4.79 Å². The summed E-state index contributed by atoms with van der Waals surface area (Å²) in [5, 5.41) is 2.94. The normalized spacial score (nSPS) is 19.1. The van der Waals surface area contributed by atoms with E-state index in [-0.39, 0.29) is 11.6 Å². The van der Waals surface area contributed by atoms with E-state index in [1.807, 2.05) is 11.8 Å². The second-order valence-corrected chi connectivity index (χ2v) is 5.33. The third-order valence-corrected chi connectivity index (χ3v) is 4.01. The summed E-state index contributed by atoms with van der Waals surface area (Å²) in [6.07, 6.45) is 8.03. The van der Waals surface area contributed by atoms with E-state index in [4.69, 9.17) is 5.73 Å². The zero-order chi connectivity index (χ0) is 13.4. The highest BCUT2D eigenvalue weighted by atomic mass is 16.2. The zero-order valence-electron chi connectivity index (χ0n) is 12.0. The molecule has 106 valence electrons. The maximum Gasteiger partial charge on any atom is 0.317 e. The minimum absolute atomic E-state index is 0.0618. The number of carbonyl (C=O) groups excluding carboxylic acids is 1. The fourth-order valence-electron chi connectivity index (χ4n) is 3.00.